The van der Waals surface area contributed by atoms with Gasteiger partial charge in [-0.3, -0.25) is 9.36 Å². The first kappa shape index (κ1) is 58.7. The molecular formula is C51H99N2O6P. The van der Waals surface area contributed by atoms with E-state index in [1.54, 1.807) is 6.08 Å². The van der Waals surface area contributed by atoms with Gasteiger partial charge in [-0.25, -0.2) is 0 Å². The summed E-state index contributed by atoms with van der Waals surface area (Å²) in [6, 6.07) is -0.906. The zero-order valence-electron chi connectivity index (χ0n) is 40.2. The second-order valence-electron chi connectivity index (χ2n) is 18.5. The van der Waals surface area contributed by atoms with E-state index in [4.69, 9.17) is 9.05 Å². The lowest BCUT2D eigenvalue weighted by Gasteiger charge is -2.29. The fourth-order valence-electron chi connectivity index (χ4n) is 7.30. The molecule has 0 fully saturated rings. The van der Waals surface area contributed by atoms with E-state index >= 15 is 0 Å². The van der Waals surface area contributed by atoms with E-state index in [0.29, 0.717) is 17.4 Å². The largest absolute Gasteiger partial charge is 0.756 e. The second kappa shape index (κ2) is 43.0. The van der Waals surface area contributed by atoms with Gasteiger partial charge in [-0.05, 0) is 44.9 Å². The number of carbonyl (C=O) groups excluding carboxylic acids is 1. The van der Waals surface area contributed by atoms with Gasteiger partial charge in [0.2, 0.25) is 5.91 Å². The SMILES string of the molecule is CCCCCCCCCCCC/C=C/CC/C=C/CC/C=C/C(O)C(COP(=O)([O-])OCC[N+](C)(C)C)NC(=O)CCCCCCCCCCCCCCCCCCCC. The van der Waals surface area contributed by atoms with Crippen LogP contribution in [0.25, 0.3) is 0 Å². The minimum absolute atomic E-state index is 0.00762. The molecule has 0 aromatic rings. The Morgan fingerprint density at radius 3 is 1.35 bits per heavy atom. The van der Waals surface area contributed by atoms with Crippen LogP contribution in [0, 0.1) is 0 Å². The lowest BCUT2D eigenvalue weighted by atomic mass is 10.0. The van der Waals surface area contributed by atoms with Crippen molar-refractivity contribution in [1.29, 1.82) is 0 Å². The molecule has 0 aliphatic heterocycles. The van der Waals surface area contributed by atoms with Crippen LogP contribution in [0.5, 0.6) is 0 Å². The van der Waals surface area contributed by atoms with Gasteiger partial charge in [0.05, 0.1) is 39.9 Å². The summed E-state index contributed by atoms with van der Waals surface area (Å²) in [6.45, 7) is 4.64. The Morgan fingerprint density at radius 1 is 0.567 bits per heavy atom. The molecule has 9 heteroatoms. The van der Waals surface area contributed by atoms with Gasteiger partial charge in [0.1, 0.15) is 13.2 Å². The summed E-state index contributed by atoms with van der Waals surface area (Å²) in [7, 11) is 1.24. The number of hydrogen-bond donors (Lipinski definition) is 2. The van der Waals surface area contributed by atoms with Gasteiger partial charge in [0.25, 0.3) is 7.82 Å². The van der Waals surface area contributed by atoms with E-state index in [9.17, 15) is 19.4 Å². The minimum Gasteiger partial charge on any atom is -0.756 e. The van der Waals surface area contributed by atoms with Crippen LogP contribution in [-0.4, -0.2) is 68.5 Å². The first-order valence-electron chi connectivity index (χ1n) is 25.4. The van der Waals surface area contributed by atoms with Crippen molar-refractivity contribution in [3.63, 3.8) is 0 Å². The number of quaternary nitrogens is 1. The lowest BCUT2D eigenvalue weighted by Crippen LogP contribution is -2.45. The van der Waals surface area contributed by atoms with Crippen LogP contribution in [0.1, 0.15) is 232 Å². The molecule has 0 spiro atoms. The first-order valence-corrected chi connectivity index (χ1v) is 26.8. The monoisotopic (exact) mass is 867 g/mol. The average molecular weight is 867 g/mol. The number of nitrogens with zero attached hydrogens (tertiary/aromatic N) is 1. The summed E-state index contributed by atoms with van der Waals surface area (Å²) < 4.78 is 23.2. The quantitative estimate of drug-likeness (QED) is 0.0273. The number of aliphatic hydroxyl groups is 1. The summed E-state index contributed by atoms with van der Waals surface area (Å²) >= 11 is 0. The molecule has 0 rings (SSSR count). The van der Waals surface area contributed by atoms with E-state index < -0.39 is 26.6 Å². The molecule has 60 heavy (non-hydrogen) atoms. The number of hydrogen-bond acceptors (Lipinski definition) is 6. The molecule has 0 aromatic carbocycles. The number of phosphoric ester groups is 1. The van der Waals surface area contributed by atoms with Gasteiger partial charge in [-0.1, -0.05) is 217 Å². The molecule has 0 aliphatic carbocycles. The topological polar surface area (TPSA) is 108 Å². The molecule has 0 saturated carbocycles. The fourth-order valence-corrected chi connectivity index (χ4v) is 8.03. The van der Waals surface area contributed by atoms with Crippen molar-refractivity contribution in [3.8, 4) is 0 Å². The maximum Gasteiger partial charge on any atom is 0.268 e. The van der Waals surface area contributed by atoms with Gasteiger partial charge in [0.15, 0.2) is 0 Å². The molecule has 0 heterocycles. The molecule has 0 bridgehead atoms. The van der Waals surface area contributed by atoms with Crippen molar-refractivity contribution < 1.29 is 32.9 Å². The fraction of sp³-hybridized carbons (Fsp3) is 0.863. The molecule has 3 unspecified atom stereocenters. The predicted molar refractivity (Wildman–Crippen MR) is 256 cm³/mol. The van der Waals surface area contributed by atoms with Crippen LogP contribution < -0.4 is 10.2 Å². The third-order valence-corrected chi connectivity index (χ3v) is 12.3. The number of nitrogens with one attached hydrogen (secondary N) is 1. The summed E-state index contributed by atoms with van der Waals surface area (Å²) in [6.07, 6.45) is 53.4. The van der Waals surface area contributed by atoms with Gasteiger partial charge in [-0.2, -0.15) is 0 Å². The van der Waals surface area contributed by atoms with Gasteiger partial charge >= 0.3 is 0 Å². The highest BCUT2D eigenvalue weighted by Gasteiger charge is 2.23. The molecule has 0 aliphatic rings. The van der Waals surface area contributed by atoms with Crippen molar-refractivity contribution in [2.45, 2.75) is 244 Å². The Bertz CT molecular complexity index is 1070. The summed E-state index contributed by atoms with van der Waals surface area (Å²) in [4.78, 5) is 25.4. The van der Waals surface area contributed by atoms with Crippen molar-refractivity contribution in [2.75, 3.05) is 40.9 Å². The van der Waals surface area contributed by atoms with E-state index in [0.717, 1.165) is 44.9 Å². The molecule has 0 saturated heterocycles. The summed E-state index contributed by atoms with van der Waals surface area (Å²) in [5.41, 5.74) is 0. The summed E-state index contributed by atoms with van der Waals surface area (Å²) in [5, 5.41) is 13.8. The van der Waals surface area contributed by atoms with Crippen molar-refractivity contribution in [3.05, 3.63) is 36.5 Å². The number of aliphatic hydroxyl groups excluding tert-OH is 1. The summed E-state index contributed by atoms with van der Waals surface area (Å²) in [5.74, 6) is -0.209. The maximum atomic E-state index is 12.9. The van der Waals surface area contributed by atoms with Crippen LogP contribution in [0.3, 0.4) is 0 Å². The Morgan fingerprint density at radius 2 is 0.933 bits per heavy atom. The Kier molecular flexibility index (Phi) is 42.1. The normalized spacial score (nSPS) is 14.4. The second-order valence-corrected chi connectivity index (χ2v) is 19.9. The van der Waals surface area contributed by atoms with E-state index in [-0.39, 0.29) is 12.5 Å². The Hall–Kier alpha value is -1.28. The average Bonchev–Trinajstić information content (AvgIpc) is 3.20. The molecule has 3 atom stereocenters. The predicted octanol–water partition coefficient (Wildman–Crippen LogP) is 14.0. The van der Waals surface area contributed by atoms with E-state index in [1.807, 2.05) is 27.2 Å². The standard InChI is InChI=1S/C51H99N2O6P/c1-6-8-10-12-14-16-18-20-22-24-26-27-28-30-32-34-36-38-40-42-44-50(54)49(48-59-60(56,57)58-47-46-53(3,4)5)52-51(55)45-43-41-39-37-35-33-31-29-25-23-21-19-17-15-13-11-9-7-2/h27-28,34,36,42,44,49-50,54H,6-26,29-33,35,37-41,43,45-48H2,1-5H3,(H-,52,55,56,57)/b28-27+,36-34+,44-42+. The smallest absolute Gasteiger partial charge is 0.268 e. The molecule has 354 valence electrons. The van der Waals surface area contributed by atoms with E-state index in [1.165, 1.54) is 167 Å². The van der Waals surface area contributed by atoms with Crippen molar-refractivity contribution >= 4 is 13.7 Å². The first-order chi connectivity index (χ1) is 29.0. The maximum absolute atomic E-state index is 12.9. The number of phosphoric acid groups is 1. The minimum atomic E-state index is -4.60. The van der Waals surface area contributed by atoms with Crippen LogP contribution in [0.4, 0.5) is 0 Å². The number of rotatable bonds is 46. The molecule has 0 radical (unpaired) electrons. The zero-order valence-corrected chi connectivity index (χ0v) is 41.1. The highest BCUT2D eigenvalue weighted by atomic mass is 31.2. The third-order valence-electron chi connectivity index (χ3n) is 11.3. The highest BCUT2D eigenvalue weighted by Crippen LogP contribution is 2.38. The Balaban J connectivity index is 4.39. The number of carbonyl (C=O) groups is 1. The third kappa shape index (κ3) is 44.8. The van der Waals surface area contributed by atoms with Crippen molar-refractivity contribution in [1.82, 2.24) is 5.32 Å². The van der Waals surface area contributed by atoms with Gasteiger partial charge in [-0.15, -0.1) is 0 Å². The molecule has 2 N–H and O–H groups in total. The Labute approximate surface area is 372 Å². The molecule has 0 aromatic heterocycles. The lowest BCUT2D eigenvalue weighted by molar-refractivity contribution is -0.870. The number of likely N-dealkylation sites (N-methyl/N-ethyl adjacent to an activating group) is 1. The van der Waals surface area contributed by atoms with Crippen LogP contribution >= 0.6 is 7.82 Å². The van der Waals surface area contributed by atoms with Crippen molar-refractivity contribution in [2.24, 2.45) is 0 Å². The van der Waals surface area contributed by atoms with Crippen LogP contribution in [-0.2, 0) is 18.4 Å². The molecular weight excluding hydrogens is 768 g/mol. The zero-order chi connectivity index (χ0) is 44.3. The van der Waals surface area contributed by atoms with Gasteiger partial charge in [0, 0.05) is 6.42 Å². The van der Waals surface area contributed by atoms with E-state index in [2.05, 4.69) is 43.5 Å². The van der Waals surface area contributed by atoms with Crippen LogP contribution in [0.2, 0.25) is 0 Å². The highest BCUT2D eigenvalue weighted by molar-refractivity contribution is 7.45. The number of unbranched alkanes of at least 4 members (excludes halogenated alkanes) is 29. The van der Waals surface area contributed by atoms with Crippen LogP contribution in [0.15, 0.2) is 36.5 Å². The number of allylic oxidation sites excluding steroid dienone is 5. The molecule has 8 nitrogen and oxygen atoms in total. The number of amides is 1. The molecule has 1 amide bonds. The van der Waals surface area contributed by atoms with Gasteiger partial charge < -0.3 is 28.8 Å².